The molecule has 0 radical (unpaired) electrons. The highest BCUT2D eigenvalue weighted by atomic mass is 35.5. The van der Waals surface area contributed by atoms with Crippen molar-refractivity contribution in [2.45, 2.75) is 19.4 Å². The van der Waals surface area contributed by atoms with Gasteiger partial charge < -0.3 is 14.8 Å². The number of nitrogens with one attached hydrogen (secondary N) is 1. The molecule has 2 rings (SSSR count). The molecule has 1 N–H and O–H groups in total. The monoisotopic (exact) mass is 376 g/mol. The number of rotatable bonds is 8. The number of para-hydroxylation sites is 1. The van der Waals surface area contributed by atoms with Crippen LogP contribution in [-0.4, -0.2) is 44.7 Å². The van der Waals surface area contributed by atoms with Crippen LogP contribution in [0, 0.1) is 0 Å². The Morgan fingerprint density at radius 3 is 2.50 bits per heavy atom. The lowest BCUT2D eigenvalue weighted by Gasteiger charge is -2.24. The highest BCUT2D eigenvalue weighted by Crippen LogP contribution is 2.27. The SMILES string of the molecule is COc1ccc(CCN(C)[C@@H](C)C(=O)Nc2ccccc2Cl)cc1OC. The Balaban J connectivity index is 1.93. The van der Waals surface area contributed by atoms with Crippen LogP contribution in [0.25, 0.3) is 0 Å². The first kappa shape index (κ1) is 20.1. The second-order valence-electron chi connectivity index (χ2n) is 6.07. The molecule has 0 saturated carbocycles. The summed E-state index contributed by atoms with van der Waals surface area (Å²) in [6.45, 7) is 2.60. The van der Waals surface area contributed by atoms with Crippen molar-refractivity contribution in [1.82, 2.24) is 4.90 Å². The minimum Gasteiger partial charge on any atom is -0.493 e. The molecule has 26 heavy (non-hydrogen) atoms. The van der Waals surface area contributed by atoms with Crippen LogP contribution in [0.4, 0.5) is 5.69 Å². The van der Waals surface area contributed by atoms with Crippen LogP contribution in [0.3, 0.4) is 0 Å². The third kappa shape index (κ3) is 5.13. The summed E-state index contributed by atoms with van der Waals surface area (Å²) in [5, 5.41) is 3.40. The van der Waals surface area contributed by atoms with Crippen LogP contribution in [0.2, 0.25) is 5.02 Å². The largest absolute Gasteiger partial charge is 0.493 e. The van der Waals surface area contributed by atoms with Gasteiger partial charge in [0.15, 0.2) is 11.5 Å². The molecular formula is C20H25ClN2O3. The first-order valence-corrected chi connectivity index (χ1v) is 8.80. The highest BCUT2D eigenvalue weighted by Gasteiger charge is 2.19. The average molecular weight is 377 g/mol. The van der Waals surface area contributed by atoms with Crippen molar-refractivity contribution >= 4 is 23.2 Å². The average Bonchev–Trinajstić information content (AvgIpc) is 2.66. The zero-order chi connectivity index (χ0) is 19.1. The molecule has 0 saturated heterocycles. The van der Waals surface area contributed by atoms with Gasteiger partial charge in [0.25, 0.3) is 0 Å². The molecule has 0 bridgehead atoms. The van der Waals surface area contributed by atoms with E-state index in [9.17, 15) is 4.79 Å². The fraction of sp³-hybridized carbons (Fsp3) is 0.350. The van der Waals surface area contributed by atoms with Crippen LogP contribution in [-0.2, 0) is 11.2 Å². The lowest BCUT2D eigenvalue weighted by atomic mass is 10.1. The van der Waals surface area contributed by atoms with Crippen molar-refractivity contribution in [2.75, 3.05) is 33.1 Å². The quantitative estimate of drug-likeness (QED) is 0.760. The lowest BCUT2D eigenvalue weighted by Crippen LogP contribution is -2.40. The molecule has 2 aromatic rings. The van der Waals surface area contributed by atoms with Crippen LogP contribution in [0.15, 0.2) is 42.5 Å². The Bertz CT molecular complexity index is 752. The van der Waals surface area contributed by atoms with Crippen molar-refractivity contribution in [3.63, 3.8) is 0 Å². The Morgan fingerprint density at radius 2 is 1.85 bits per heavy atom. The van der Waals surface area contributed by atoms with E-state index < -0.39 is 0 Å². The summed E-state index contributed by atoms with van der Waals surface area (Å²) in [7, 11) is 5.16. The van der Waals surface area contributed by atoms with Crippen LogP contribution in [0.5, 0.6) is 11.5 Å². The van der Waals surface area contributed by atoms with E-state index in [2.05, 4.69) is 5.32 Å². The fourth-order valence-corrected chi connectivity index (χ4v) is 2.72. The molecule has 1 atom stereocenters. The summed E-state index contributed by atoms with van der Waals surface area (Å²) in [6.07, 6.45) is 0.792. The minimum atomic E-state index is -0.286. The minimum absolute atomic E-state index is 0.0899. The Kier molecular flexibility index (Phi) is 7.30. The normalized spacial score (nSPS) is 11.9. The third-order valence-corrected chi connectivity index (χ3v) is 4.70. The van der Waals surface area contributed by atoms with E-state index >= 15 is 0 Å². The van der Waals surface area contributed by atoms with Gasteiger partial charge in [-0.3, -0.25) is 9.69 Å². The predicted molar refractivity (Wildman–Crippen MR) is 105 cm³/mol. The molecule has 0 heterocycles. The molecule has 5 nitrogen and oxygen atoms in total. The number of ether oxygens (including phenoxy) is 2. The summed E-state index contributed by atoms with van der Waals surface area (Å²) >= 11 is 6.10. The van der Waals surface area contributed by atoms with Gasteiger partial charge in [-0.25, -0.2) is 0 Å². The molecule has 0 aliphatic heterocycles. The number of nitrogens with zero attached hydrogens (tertiary/aromatic N) is 1. The molecule has 0 aliphatic rings. The summed E-state index contributed by atoms with van der Waals surface area (Å²) in [6, 6.07) is 12.8. The van der Waals surface area contributed by atoms with E-state index in [1.165, 1.54) is 0 Å². The zero-order valence-corrected chi connectivity index (χ0v) is 16.3. The lowest BCUT2D eigenvalue weighted by molar-refractivity contribution is -0.120. The maximum atomic E-state index is 12.5. The molecule has 0 fully saturated rings. The smallest absolute Gasteiger partial charge is 0.241 e. The number of amides is 1. The van der Waals surface area contributed by atoms with Crippen molar-refractivity contribution in [3.8, 4) is 11.5 Å². The number of carbonyl (C=O) groups is 1. The van der Waals surface area contributed by atoms with Gasteiger partial charge in [0, 0.05) is 6.54 Å². The molecule has 0 aromatic heterocycles. The summed E-state index contributed by atoms with van der Waals surface area (Å²) < 4.78 is 10.6. The van der Waals surface area contributed by atoms with E-state index in [0.29, 0.717) is 22.2 Å². The second kappa shape index (κ2) is 9.46. The van der Waals surface area contributed by atoms with Crippen LogP contribution in [0.1, 0.15) is 12.5 Å². The second-order valence-corrected chi connectivity index (χ2v) is 6.47. The van der Waals surface area contributed by atoms with E-state index in [1.54, 1.807) is 26.4 Å². The molecular weight excluding hydrogens is 352 g/mol. The zero-order valence-electron chi connectivity index (χ0n) is 15.6. The Morgan fingerprint density at radius 1 is 1.15 bits per heavy atom. The molecule has 2 aromatic carbocycles. The van der Waals surface area contributed by atoms with Crippen molar-refractivity contribution in [2.24, 2.45) is 0 Å². The number of likely N-dealkylation sites (N-methyl/N-ethyl adjacent to an activating group) is 1. The van der Waals surface area contributed by atoms with Gasteiger partial charge in [0.1, 0.15) is 0 Å². The number of methoxy groups -OCH3 is 2. The van der Waals surface area contributed by atoms with Crippen molar-refractivity contribution in [1.29, 1.82) is 0 Å². The number of anilines is 1. The number of hydrogen-bond donors (Lipinski definition) is 1. The van der Waals surface area contributed by atoms with Gasteiger partial charge in [-0.15, -0.1) is 0 Å². The van der Waals surface area contributed by atoms with E-state index in [-0.39, 0.29) is 11.9 Å². The number of halogens is 1. The summed E-state index contributed by atoms with van der Waals surface area (Å²) in [5.74, 6) is 1.32. The maximum absolute atomic E-state index is 12.5. The Hall–Kier alpha value is -2.24. The molecule has 0 spiro atoms. The van der Waals surface area contributed by atoms with E-state index in [4.69, 9.17) is 21.1 Å². The van der Waals surface area contributed by atoms with Crippen molar-refractivity contribution < 1.29 is 14.3 Å². The molecule has 1 amide bonds. The van der Waals surface area contributed by atoms with Gasteiger partial charge in [-0.05, 0) is 50.2 Å². The predicted octanol–water partition coefficient (Wildman–Crippen LogP) is 3.86. The van der Waals surface area contributed by atoms with Gasteiger partial charge in [-0.2, -0.15) is 0 Å². The van der Waals surface area contributed by atoms with Crippen LogP contribution < -0.4 is 14.8 Å². The molecule has 0 unspecified atom stereocenters. The third-order valence-electron chi connectivity index (χ3n) is 4.37. The van der Waals surface area contributed by atoms with Gasteiger partial charge in [-0.1, -0.05) is 29.8 Å². The summed E-state index contributed by atoms with van der Waals surface area (Å²) in [5.41, 5.74) is 1.74. The summed E-state index contributed by atoms with van der Waals surface area (Å²) in [4.78, 5) is 14.5. The van der Waals surface area contributed by atoms with Crippen LogP contribution >= 0.6 is 11.6 Å². The van der Waals surface area contributed by atoms with Gasteiger partial charge in [0.05, 0.1) is 31.0 Å². The molecule has 0 aliphatic carbocycles. The van der Waals surface area contributed by atoms with Gasteiger partial charge in [0.2, 0.25) is 5.91 Å². The number of carbonyl (C=O) groups excluding carboxylic acids is 1. The topological polar surface area (TPSA) is 50.8 Å². The number of benzene rings is 2. The van der Waals surface area contributed by atoms with E-state index in [1.807, 2.05) is 49.2 Å². The number of hydrogen-bond acceptors (Lipinski definition) is 4. The first-order valence-electron chi connectivity index (χ1n) is 8.42. The maximum Gasteiger partial charge on any atom is 0.241 e. The fourth-order valence-electron chi connectivity index (χ4n) is 2.54. The van der Waals surface area contributed by atoms with Crippen molar-refractivity contribution in [3.05, 3.63) is 53.1 Å². The first-order chi connectivity index (χ1) is 12.5. The molecule has 6 heteroatoms. The standard InChI is InChI=1S/C20H25ClN2O3/c1-14(20(24)22-17-8-6-5-7-16(17)21)23(2)12-11-15-9-10-18(25-3)19(13-15)26-4/h5-10,13-14H,11-12H2,1-4H3,(H,22,24)/t14-/m0/s1. The molecule has 140 valence electrons. The Labute approximate surface area is 159 Å². The van der Waals surface area contributed by atoms with E-state index in [0.717, 1.165) is 18.5 Å². The van der Waals surface area contributed by atoms with Gasteiger partial charge >= 0.3 is 0 Å². The highest BCUT2D eigenvalue weighted by molar-refractivity contribution is 6.33.